The molecule has 3 aromatic rings. The second-order valence-electron chi connectivity index (χ2n) is 11.9. The van der Waals surface area contributed by atoms with Crippen molar-refractivity contribution in [2.45, 2.75) is 107 Å². The Morgan fingerprint density at radius 1 is 0.525 bits per heavy atom. The van der Waals surface area contributed by atoms with Crippen molar-refractivity contribution in [2.24, 2.45) is 5.92 Å². The summed E-state index contributed by atoms with van der Waals surface area (Å²) in [6, 6.07) is 23.0. The summed E-state index contributed by atoms with van der Waals surface area (Å²) in [5.41, 5.74) is 10.4. The van der Waals surface area contributed by atoms with Crippen molar-refractivity contribution in [3.8, 4) is 0 Å². The molecule has 0 aliphatic heterocycles. The molecule has 0 saturated heterocycles. The smallest absolute Gasteiger partial charge is 0.0773 e. The largest absolute Gasteiger partial charge is 0.176 e. The van der Waals surface area contributed by atoms with E-state index in [2.05, 4.69) is 122 Å². The Labute approximate surface area is 246 Å². The van der Waals surface area contributed by atoms with Crippen LogP contribution in [0.5, 0.6) is 0 Å². The second kappa shape index (κ2) is 13.3. The first kappa shape index (κ1) is 30.3. The Hall–Kier alpha value is -2.64. The molecule has 0 aromatic heterocycles. The third-order valence-corrected chi connectivity index (χ3v) is 14.2. The van der Waals surface area contributed by atoms with E-state index >= 15 is 0 Å². The topological polar surface area (TPSA) is 0 Å². The van der Waals surface area contributed by atoms with Crippen molar-refractivity contribution in [1.29, 1.82) is 0 Å². The lowest BCUT2D eigenvalue weighted by atomic mass is 10.0. The van der Waals surface area contributed by atoms with Crippen LogP contribution >= 0.6 is 0 Å². The van der Waals surface area contributed by atoms with Crippen LogP contribution in [0.4, 0.5) is 0 Å². The van der Waals surface area contributed by atoms with Crippen LogP contribution < -0.4 is 15.6 Å². The van der Waals surface area contributed by atoms with Crippen molar-refractivity contribution in [3.05, 3.63) is 111 Å². The van der Waals surface area contributed by atoms with Gasteiger partial charge in [-0.2, -0.15) is 0 Å². The van der Waals surface area contributed by atoms with E-state index in [1.165, 1.54) is 39.8 Å². The molecular weight excluding hydrogens is 497 g/mol. The molecule has 0 heterocycles. The second-order valence-corrected chi connectivity index (χ2v) is 15.7. The van der Waals surface area contributed by atoms with E-state index in [4.69, 9.17) is 0 Å². The zero-order valence-electron chi connectivity index (χ0n) is 26.6. The lowest BCUT2D eigenvalue weighted by molar-refractivity contribution is 0.671. The fourth-order valence-corrected chi connectivity index (χ4v) is 11.9. The molecule has 212 valence electrons. The van der Waals surface area contributed by atoms with Crippen LogP contribution in [-0.2, 0) is 38.5 Å². The van der Waals surface area contributed by atoms with Gasteiger partial charge >= 0.3 is 0 Å². The van der Waals surface area contributed by atoms with Gasteiger partial charge in [-0.3, -0.25) is 0 Å². The fraction of sp³-hybridized carbons (Fsp3) is 0.436. The third kappa shape index (κ3) is 5.86. The quantitative estimate of drug-likeness (QED) is 0.157. The first-order valence-electron chi connectivity index (χ1n) is 16.2. The van der Waals surface area contributed by atoms with E-state index in [0.717, 1.165) is 44.9 Å². The lowest BCUT2D eigenvalue weighted by Gasteiger charge is -2.37. The van der Waals surface area contributed by atoms with Crippen LogP contribution in [0.1, 0.15) is 102 Å². The average Bonchev–Trinajstić information content (AvgIpc) is 3.50. The van der Waals surface area contributed by atoms with Gasteiger partial charge in [0.1, 0.15) is 0 Å². The number of benzene rings is 3. The third-order valence-electron chi connectivity index (χ3n) is 9.47. The van der Waals surface area contributed by atoms with Gasteiger partial charge in [-0.05, 0) is 112 Å². The predicted octanol–water partition coefficient (Wildman–Crippen LogP) is 8.37. The van der Waals surface area contributed by atoms with Gasteiger partial charge in [0.2, 0.25) is 0 Å². The Morgan fingerprint density at radius 3 is 1.12 bits per heavy atom. The normalized spacial score (nSPS) is 14.3. The minimum absolute atomic E-state index is 0.596. The molecule has 0 fully saturated rings. The van der Waals surface area contributed by atoms with Gasteiger partial charge in [0.25, 0.3) is 0 Å². The molecule has 0 saturated carbocycles. The summed E-state index contributed by atoms with van der Waals surface area (Å²) in [5.74, 6) is 0.596. The Bertz CT molecular complexity index is 1180. The summed E-state index contributed by atoms with van der Waals surface area (Å²) in [6.07, 6.45) is 13.9. The van der Waals surface area contributed by atoms with E-state index in [-0.39, 0.29) is 0 Å². The molecule has 1 atom stereocenters. The molecule has 0 N–H and O–H groups in total. The minimum atomic E-state index is -2.57. The number of rotatable bonds is 12. The molecule has 3 aromatic carbocycles. The maximum absolute atomic E-state index is 2.65. The maximum Gasteiger partial charge on any atom is 0.176 e. The highest BCUT2D eigenvalue weighted by Gasteiger charge is 2.44. The standard InChI is InChI=1S/C39H52Si/c1-9-28(8)35-16-17-36(27-35)40(37-21-29(10-2)18-30(11-3)22-37,38-23-31(12-4)19-32(13-5)24-38)39-25-33(14-6)20-34(15-7)26-39/h16,18-28H,9-15,17H2,1-8H3. The van der Waals surface area contributed by atoms with E-state index in [1.54, 1.807) is 26.3 Å². The molecule has 0 bridgehead atoms. The first-order chi connectivity index (χ1) is 19.4. The molecule has 1 aliphatic carbocycles. The number of hydrogen-bond donors (Lipinski definition) is 0. The van der Waals surface area contributed by atoms with Crippen molar-refractivity contribution in [3.63, 3.8) is 0 Å². The maximum atomic E-state index is 2.65. The number of hydrogen-bond acceptors (Lipinski definition) is 0. The Morgan fingerprint density at radius 2 is 0.850 bits per heavy atom. The Balaban J connectivity index is 2.21. The zero-order valence-corrected chi connectivity index (χ0v) is 27.6. The van der Waals surface area contributed by atoms with Crippen molar-refractivity contribution < 1.29 is 0 Å². The van der Waals surface area contributed by atoms with E-state index in [1.807, 2.05) is 0 Å². The number of allylic oxidation sites excluding steroid dienone is 4. The van der Waals surface area contributed by atoms with Gasteiger partial charge in [0.15, 0.2) is 8.07 Å². The summed E-state index contributed by atoms with van der Waals surface area (Å²) in [5, 5.41) is 6.42. The highest BCUT2D eigenvalue weighted by molar-refractivity contribution is 7.16. The summed E-state index contributed by atoms with van der Waals surface area (Å²) in [4.78, 5) is 0. The Kier molecular flexibility index (Phi) is 10.1. The molecule has 1 heteroatoms. The monoisotopic (exact) mass is 548 g/mol. The highest BCUT2D eigenvalue weighted by atomic mass is 28.3. The lowest BCUT2D eigenvalue weighted by Crippen LogP contribution is -2.69. The van der Waals surface area contributed by atoms with Gasteiger partial charge in [0.05, 0.1) is 0 Å². The van der Waals surface area contributed by atoms with E-state index in [9.17, 15) is 0 Å². The molecule has 4 rings (SSSR count). The molecule has 1 aliphatic rings. The molecule has 40 heavy (non-hydrogen) atoms. The number of aryl methyl sites for hydroxylation is 6. The molecule has 1 unspecified atom stereocenters. The van der Waals surface area contributed by atoms with Crippen LogP contribution in [0.3, 0.4) is 0 Å². The fourth-order valence-electron chi connectivity index (χ4n) is 6.61. The molecular formula is C39H52Si. The van der Waals surface area contributed by atoms with Crippen LogP contribution in [0.2, 0.25) is 0 Å². The van der Waals surface area contributed by atoms with Gasteiger partial charge in [-0.1, -0.05) is 127 Å². The molecule has 0 spiro atoms. The van der Waals surface area contributed by atoms with Crippen LogP contribution in [0.25, 0.3) is 0 Å². The minimum Gasteiger partial charge on any atom is -0.0773 e. The van der Waals surface area contributed by atoms with Gasteiger partial charge in [0, 0.05) is 0 Å². The predicted molar refractivity (Wildman–Crippen MR) is 180 cm³/mol. The molecule has 0 amide bonds. The summed E-state index contributed by atoms with van der Waals surface area (Å²) >= 11 is 0. The highest BCUT2D eigenvalue weighted by Crippen LogP contribution is 2.33. The summed E-state index contributed by atoms with van der Waals surface area (Å²) in [7, 11) is -2.57. The van der Waals surface area contributed by atoms with E-state index in [0.29, 0.717) is 5.92 Å². The zero-order chi connectivity index (χ0) is 28.9. The van der Waals surface area contributed by atoms with Crippen LogP contribution in [-0.4, -0.2) is 8.07 Å². The first-order valence-corrected chi connectivity index (χ1v) is 18.2. The van der Waals surface area contributed by atoms with Crippen LogP contribution in [0, 0.1) is 5.92 Å². The molecule has 0 radical (unpaired) electrons. The van der Waals surface area contributed by atoms with Crippen LogP contribution in [0.15, 0.2) is 77.5 Å². The molecule has 0 nitrogen and oxygen atoms in total. The van der Waals surface area contributed by atoms with Gasteiger partial charge in [-0.25, -0.2) is 0 Å². The SMILES string of the molecule is CCc1cc(CC)cc([Si](C2=CC(C(C)CC)=CC2)(c2cc(CC)cc(CC)c2)c2cc(CC)cc(CC)c2)c1. The van der Waals surface area contributed by atoms with Gasteiger partial charge < -0.3 is 0 Å². The summed E-state index contributed by atoms with van der Waals surface area (Å²) in [6.45, 7) is 18.6. The summed E-state index contributed by atoms with van der Waals surface area (Å²) < 4.78 is 0. The average molecular weight is 549 g/mol. The van der Waals surface area contributed by atoms with Gasteiger partial charge in [-0.15, -0.1) is 0 Å². The van der Waals surface area contributed by atoms with Crippen molar-refractivity contribution >= 4 is 23.6 Å². The van der Waals surface area contributed by atoms with E-state index < -0.39 is 8.07 Å². The van der Waals surface area contributed by atoms with Crippen molar-refractivity contribution in [2.75, 3.05) is 0 Å². The van der Waals surface area contributed by atoms with Crippen molar-refractivity contribution in [1.82, 2.24) is 0 Å².